The second-order valence-corrected chi connectivity index (χ2v) is 4.92. The largest absolute Gasteiger partial charge is 0.479 e. The number of aromatic nitrogens is 4. The van der Waals surface area contributed by atoms with Crippen LogP contribution in [0, 0.1) is 0 Å². The van der Waals surface area contributed by atoms with E-state index in [-0.39, 0.29) is 18.4 Å². The molecule has 2 aromatic heterocycles. The Kier molecular flexibility index (Phi) is 3.83. The number of aliphatic hydroxyl groups excluding tert-OH is 2. The number of fused-ring (bicyclic) bond motifs is 1. The minimum Gasteiger partial charge on any atom is -0.479 e. The van der Waals surface area contributed by atoms with E-state index < -0.39 is 24.5 Å². The van der Waals surface area contributed by atoms with Crippen molar-refractivity contribution in [3.05, 3.63) is 6.33 Å². The van der Waals surface area contributed by atoms with Gasteiger partial charge in [0, 0.05) is 7.11 Å². The van der Waals surface area contributed by atoms with Crippen LogP contribution in [0.2, 0.25) is 0 Å². The number of hydrogen-bond acceptors (Lipinski definition) is 9. The minimum atomic E-state index is -1.15. The molecule has 2 aromatic rings. The zero-order valence-electron chi connectivity index (χ0n) is 12.1. The van der Waals surface area contributed by atoms with E-state index in [0.29, 0.717) is 11.2 Å². The summed E-state index contributed by atoms with van der Waals surface area (Å²) in [7, 11) is 2.93. The third-order valence-corrected chi connectivity index (χ3v) is 3.54. The highest BCUT2D eigenvalue weighted by atomic mass is 16.6. The van der Waals surface area contributed by atoms with Crippen molar-refractivity contribution in [1.82, 2.24) is 19.5 Å². The Hall–Kier alpha value is -2.01. The van der Waals surface area contributed by atoms with Crippen molar-refractivity contribution in [2.45, 2.75) is 24.5 Å². The third-order valence-electron chi connectivity index (χ3n) is 3.54. The number of ether oxygens (including phenoxy) is 3. The first kappa shape index (κ1) is 14.9. The molecule has 0 saturated carbocycles. The van der Waals surface area contributed by atoms with Gasteiger partial charge in [0.1, 0.15) is 18.3 Å². The summed E-state index contributed by atoms with van der Waals surface area (Å²) in [5, 5.41) is 20.2. The molecular weight excluding hydrogens is 294 g/mol. The lowest BCUT2D eigenvalue weighted by Gasteiger charge is -2.16. The predicted octanol–water partition coefficient (Wildman–Crippen LogP) is -1.32. The highest BCUT2D eigenvalue weighted by molar-refractivity contribution is 5.77. The van der Waals surface area contributed by atoms with E-state index in [1.165, 1.54) is 25.1 Å². The van der Waals surface area contributed by atoms with E-state index in [9.17, 15) is 10.2 Å². The topological polar surface area (TPSA) is 138 Å². The van der Waals surface area contributed by atoms with E-state index in [0.717, 1.165) is 0 Å². The smallest absolute Gasteiger partial charge is 0.246 e. The number of nitrogens with zero attached hydrogens (tertiary/aromatic N) is 4. The van der Waals surface area contributed by atoms with E-state index in [4.69, 9.17) is 19.9 Å². The number of methoxy groups -OCH3 is 2. The Morgan fingerprint density at radius 2 is 2.09 bits per heavy atom. The molecule has 1 fully saturated rings. The second kappa shape index (κ2) is 5.65. The fraction of sp³-hybridized carbons (Fsp3) is 0.583. The number of nitrogens with two attached hydrogens (primary N) is 1. The molecule has 1 aliphatic rings. The van der Waals surface area contributed by atoms with Crippen LogP contribution in [-0.2, 0) is 9.47 Å². The van der Waals surface area contributed by atoms with Gasteiger partial charge in [-0.2, -0.15) is 9.97 Å². The maximum atomic E-state index is 10.2. The molecule has 4 N–H and O–H groups in total. The Labute approximate surface area is 125 Å². The number of rotatable bonds is 4. The van der Waals surface area contributed by atoms with E-state index in [2.05, 4.69) is 15.0 Å². The lowest BCUT2D eigenvalue weighted by molar-refractivity contribution is -0.0580. The molecule has 1 saturated heterocycles. The van der Waals surface area contributed by atoms with Crippen LogP contribution in [0.5, 0.6) is 5.88 Å². The van der Waals surface area contributed by atoms with Gasteiger partial charge >= 0.3 is 0 Å². The normalized spacial score (nSPS) is 28.4. The van der Waals surface area contributed by atoms with Crippen molar-refractivity contribution in [2.24, 2.45) is 0 Å². The second-order valence-electron chi connectivity index (χ2n) is 4.92. The van der Waals surface area contributed by atoms with Crippen molar-refractivity contribution < 1.29 is 24.4 Å². The van der Waals surface area contributed by atoms with Crippen molar-refractivity contribution in [1.29, 1.82) is 0 Å². The first-order chi connectivity index (χ1) is 10.6. The molecule has 22 heavy (non-hydrogen) atoms. The van der Waals surface area contributed by atoms with E-state index >= 15 is 0 Å². The molecule has 1 aliphatic heterocycles. The van der Waals surface area contributed by atoms with Crippen molar-refractivity contribution in [3.63, 3.8) is 0 Å². The van der Waals surface area contributed by atoms with Gasteiger partial charge in [-0.15, -0.1) is 0 Å². The fourth-order valence-electron chi connectivity index (χ4n) is 2.50. The average molecular weight is 311 g/mol. The highest BCUT2D eigenvalue weighted by Gasteiger charge is 2.44. The monoisotopic (exact) mass is 311 g/mol. The Balaban J connectivity index is 2.02. The molecular formula is C12H17N5O5. The van der Waals surface area contributed by atoms with E-state index in [1.54, 1.807) is 0 Å². The zero-order chi connectivity index (χ0) is 15.9. The zero-order valence-corrected chi connectivity index (χ0v) is 12.1. The summed E-state index contributed by atoms with van der Waals surface area (Å²) in [5.74, 6) is 0.232. The molecule has 0 aromatic carbocycles. The van der Waals surface area contributed by atoms with Crippen molar-refractivity contribution >= 4 is 17.1 Å². The molecule has 0 unspecified atom stereocenters. The van der Waals surface area contributed by atoms with Gasteiger partial charge in [-0.25, -0.2) is 4.98 Å². The van der Waals surface area contributed by atoms with Crippen LogP contribution >= 0.6 is 0 Å². The molecule has 0 spiro atoms. The molecule has 120 valence electrons. The van der Waals surface area contributed by atoms with Gasteiger partial charge in [0.25, 0.3) is 0 Å². The van der Waals surface area contributed by atoms with Gasteiger partial charge in [-0.1, -0.05) is 0 Å². The van der Waals surface area contributed by atoms with Gasteiger partial charge in [0.2, 0.25) is 11.8 Å². The fourth-order valence-corrected chi connectivity index (χ4v) is 2.50. The quantitative estimate of drug-likeness (QED) is 0.627. The molecule has 0 radical (unpaired) electrons. The van der Waals surface area contributed by atoms with Crippen LogP contribution in [0.1, 0.15) is 6.23 Å². The summed E-state index contributed by atoms with van der Waals surface area (Å²) >= 11 is 0. The first-order valence-electron chi connectivity index (χ1n) is 6.61. The van der Waals surface area contributed by atoms with Gasteiger partial charge in [-0.05, 0) is 0 Å². The summed E-state index contributed by atoms with van der Waals surface area (Å²) in [5.41, 5.74) is 6.38. The average Bonchev–Trinajstić information content (AvgIpc) is 3.03. The maximum absolute atomic E-state index is 10.2. The highest BCUT2D eigenvalue weighted by Crippen LogP contribution is 2.33. The first-order valence-corrected chi connectivity index (χ1v) is 6.61. The van der Waals surface area contributed by atoms with Gasteiger partial charge in [-0.3, -0.25) is 4.57 Å². The van der Waals surface area contributed by atoms with Gasteiger partial charge < -0.3 is 30.2 Å². The third kappa shape index (κ3) is 2.25. The Morgan fingerprint density at radius 3 is 2.77 bits per heavy atom. The molecule has 10 nitrogen and oxygen atoms in total. The lowest BCUT2D eigenvalue weighted by atomic mass is 10.1. The number of hydrogen-bond donors (Lipinski definition) is 3. The number of anilines is 1. The van der Waals surface area contributed by atoms with Crippen molar-refractivity contribution in [3.8, 4) is 5.88 Å². The Bertz CT molecular complexity index is 677. The summed E-state index contributed by atoms with van der Waals surface area (Å²) in [6.45, 7) is 0.155. The summed E-state index contributed by atoms with van der Waals surface area (Å²) in [6, 6.07) is 0. The predicted molar refractivity (Wildman–Crippen MR) is 74.1 cm³/mol. The molecule has 0 bridgehead atoms. The Morgan fingerprint density at radius 1 is 1.32 bits per heavy atom. The minimum absolute atomic E-state index is 0.00702. The lowest BCUT2D eigenvalue weighted by Crippen LogP contribution is -2.33. The number of nitrogen functional groups attached to an aromatic ring is 1. The molecule has 3 rings (SSSR count). The van der Waals surface area contributed by atoms with E-state index in [1.807, 2.05) is 0 Å². The molecule has 4 atom stereocenters. The molecule has 3 heterocycles. The van der Waals surface area contributed by atoms with Crippen LogP contribution in [0.4, 0.5) is 5.95 Å². The summed E-state index contributed by atoms with van der Waals surface area (Å²) in [6.07, 6.45) is -2.32. The maximum Gasteiger partial charge on any atom is 0.246 e. The van der Waals surface area contributed by atoms with Crippen LogP contribution in [0.25, 0.3) is 11.2 Å². The molecule has 0 amide bonds. The number of imidazole rings is 1. The molecule has 10 heteroatoms. The standard InChI is InChI=1S/C12H17N5O5/c1-20-3-5-7(18)8(19)11(22-5)17-4-14-6-9(17)15-12(13)16-10(6)21-2/h4-5,7-8,11,18-19H,3H2,1-2H3,(H2,13,15,16)/t5-,7-,8-,11-/m1/s1. The van der Waals surface area contributed by atoms with Gasteiger partial charge in [0.15, 0.2) is 17.4 Å². The van der Waals surface area contributed by atoms with Crippen molar-refractivity contribution in [2.75, 3.05) is 26.6 Å². The molecule has 0 aliphatic carbocycles. The van der Waals surface area contributed by atoms with Crippen LogP contribution < -0.4 is 10.5 Å². The SMILES string of the molecule is COC[C@H]1O[C@@H](n2cnc3c(OC)nc(N)nc32)[C@H](O)[C@@H]1O. The summed E-state index contributed by atoms with van der Waals surface area (Å²) in [4.78, 5) is 12.2. The van der Waals surface area contributed by atoms with Gasteiger partial charge in [0.05, 0.1) is 20.0 Å². The van der Waals surface area contributed by atoms with Crippen LogP contribution in [-0.4, -0.2) is 68.9 Å². The number of aliphatic hydroxyl groups is 2. The summed E-state index contributed by atoms with van der Waals surface area (Å²) < 4.78 is 17.2. The van der Waals surface area contributed by atoms with Crippen LogP contribution in [0.3, 0.4) is 0 Å². The van der Waals surface area contributed by atoms with Crippen LogP contribution in [0.15, 0.2) is 6.33 Å².